The Kier molecular flexibility index (Phi) is 3.76. The minimum absolute atomic E-state index is 0.462. The smallest absolute Gasteiger partial charge is 0.157 e. The van der Waals surface area contributed by atoms with Gasteiger partial charge in [0.1, 0.15) is 6.10 Å². The molecule has 2 aromatic carbocycles. The molecule has 0 bridgehead atoms. The number of aromatic amines is 1. The van der Waals surface area contributed by atoms with E-state index in [1.807, 2.05) is 60.7 Å². The van der Waals surface area contributed by atoms with E-state index in [9.17, 15) is 5.11 Å². The summed E-state index contributed by atoms with van der Waals surface area (Å²) in [4.78, 5) is 4.65. The lowest BCUT2D eigenvalue weighted by molar-refractivity contribution is 0.221. The molecule has 2 N–H and O–H groups in total. The molecular weight excluding hydrogens is 322 g/mol. The third-order valence-electron chi connectivity index (χ3n) is 4.01. The maximum atomic E-state index is 11.0. The standard InChI is InChI=1S/C19H14ClN3O/c20-16-14-11-21-23-19(14)22-17(12-7-3-1-4-8-12)15(16)18(24)13-9-5-2-6-10-13/h1-11,18,24H,(H,21,22,23). The Hall–Kier alpha value is -2.69. The molecule has 0 amide bonds. The van der Waals surface area contributed by atoms with Gasteiger partial charge in [-0.2, -0.15) is 5.10 Å². The Morgan fingerprint density at radius 1 is 0.958 bits per heavy atom. The highest BCUT2D eigenvalue weighted by molar-refractivity contribution is 6.36. The molecule has 2 heterocycles. The van der Waals surface area contributed by atoms with Crippen LogP contribution < -0.4 is 0 Å². The van der Waals surface area contributed by atoms with Gasteiger partial charge in [-0.3, -0.25) is 5.10 Å². The van der Waals surface area contributed by atoms with Gasteiger partial charge in [-0.05, 0) is 5.56 Å². The van der Waals surface area contributed by atoms with Crippen molar-refractivity contribution in [3.05, 3.63) is 83.0 Å². The fourth-order valence-electron chi connectivity index (χ4n) is 2.81. The first-order valence-corrected chi connectivity index (χ1v) is 7.94. The van der Waals surface area contributed by atoms with Crippen LogP contribution in [0.25, 0.3) is 22.3 Å². The molecule has 4 aromatic rings. The molecule has 1 unspecified atom stereocenters. The summed E-state index contributed by atoms with van der Waals surface area (Å²) >= 11 is 6.62. The van der Waals surface area contributed by atoms with Gasteiger partial charge in [0.25, 0.3) is 0 Å². The number of aliphatic hydroxyl groups is 1. The molecule has 0 aliphatic rings. The number of fused-ring (bicyclic) bond motifs is 1. The summed E-state index contributed by atoms with van der Waals surface area (Å²) in [5.74, 6) is 0. The van der Waals surface area contributed by atoms with Gasteiger partial charge in [0.15, 0.2) is 5.65 Å². The van der Waals surface area contributed by atoms with Gasteiger partial charge in [0.2, 0.25) is 0 Å². The number of aromatic nitrogens is 3. The summed E-state index contributed by atoms with van der Waals surface area (Å²) in [6, 6.07) is 19.1. The lowest BCUT2D eigenvalue weighted by atomic mass is 9.96. The van der Waals surface area contributed by atoms with E-state index in [2.05, 4.69) is 15.2 Å². The van der Waals surface area contributed by atoms with E-state index in [-0.39, 0.29) is 0 Å². The second-order valence-corrected chi connectivity index (χ2v) is 5.88. The van der Waals surface area contributed by atoms with Crippen molar-refractivity contribution in [2.45, 2.75) is 6.10 Å². The Bertz CT molecular complexity index is 984. The molecular formula is C19H14ClN3O. The maximum Gasteiger partial charge on any atom is 0.157 e. The summed E-state index contributed by atoms with van der Waals surface area (Å²) in [6.45, 7) is 0. The third kappa shape index (κ3) is 2.46. The van der Waals surface area contributed by atoms with Crippen molar-refractivity contribution in [1.29, 1.82) is 0 Å². The highest BCUT2D eigenvalue weighted by Gasteiger charge is 2.23. The molecule has 0 radical (unpaired) electrons. The van der Waals surface area contributed by atoms with Crippen LogP contribution in [0.15, 0.2) is 66.9 Å². The van der Waals surface area contributed by atoms with Gasteiger partial charge in [-0.25, -0.2) is 4.98 Å². The van der Waals surface area contributed by atoms with E-state index in [0.717, 1.165) is 11.1 Å². The minimum atomic E-state index is -0.874. The normalized spacial score (nSPS) is 12.4. The molecule has 5 heteroatoms. The third-order valence-corrected chi connectivity index (χ3v) is 4.41. The van der Waals surface area contributed by atoms with Crippen LogP contribution in [0.5, 0.6) is 0 Å². The molecule has 0 fully saturated rings. The number of halogens is 1. The van der Waals surface area contributed by atoms with E-state index < -0.39 is 6.10 Å². The van der Waals surface area contributed by atoms with E-state index in [0.29, 0.717) is 27.3 Å². The molecule has 0 saturated heterocycles. The summed E-state index contributed by atoms with van der Waals surface area (Å²) in [5, 5.41) is 19.0. The number of hydrogen-bond acceptors (Lipinski definition) is 3. The van der Waals surface area contributed by atoms with Crippen LogP contribution >= 0.6 is 11.6 Å². The Morgan fingerprint density at radius 3 is 2.33 bits per heavy atom. The second kappa shape index (κ2) is 6.07. The van der Waals surface area contributed by atoms with Crippen LogP contribution in [0.3, 0.4) is 0 Å². The maximum absolute atomic E-state index is 11.0. The van der Waals surface area contributed by atoms with Crippen molar-refractivity contribution in [1.82, 2.24) is 15.2 Å². The lowest BCUT2D eigenvalue weighted by Gasteiger charge is -2.17. The largest absolute Gasteiger partial charge is 0.384 e. The second-order valence-electron chi connectivity index (χ2n) is 5.50. The predicted octanol–water partition coefficient (Wildman–Crippen LogP) is 4.36. The molecule has 0 aliphatic heterocycles. The monoisotopic (exact) mass is 335 g/mol. The highest BCUT2D eigenvalue weighted by atomic mass is 35.5. The summed E-state index contributed by atoms with van der Waals surface area (Å²) in [5.41, 5.74) is 3.49. The molecule has 0 aliphatic carbocycles. The van der Waals surface area contributed by atoms with E-state index in [4.69, 9.17) is 11.6 Å². The molecule has 4 rings (SSSR count). The van der Waals surface area contributed by atoms with Gasteiger partial charge in [0, 0.05) is 11.1 Å². The quantitative estimate of drug-likeness (QED) is 0.584. The van der Waals surface area contributed by atoms with Crippen molar-refractivity contribution < 1.29 is 5.11 Å². The van der Waals surface area contributed by atoms with Gasteiger partial charge >= 0.3 is 0 Å². The first kappa shape index (κ1) is 14.9. The molecule has 2 aromatic heterocycles. The zero-order valence-electron chi connectivity index (χ0n) is 12.6. The van der Waals surface area contributed by atoms with E-state index >= 15 is 0 Å². The average Bonchev–Trinajstić information content (AvgIpc) is 3.11. The van der Waals surface area contributed by atoms with Crippen molar-refractivity contribution in [3.8, 4) is 11.3 Å². The van der Waals surface area contributed by atoms with E-state index in [1.54, 1.807) is 6.20 Å². The Labute approximate surface area is 143 Å². The number of aliphatic hydroxyl groups excluding tert-OH is 1. The van der Waals surface area contributed by atoms with Gasteiger partial charge in [-0.15, -0.1) is 0 Å². The van der Waals surface area contributed by atoms with Crippen LogP contribution in [0, 0.1) is 0 Å². The van der Waals surface area contributed by atoms with Crippen LogP contribution in [0.2, 0.25) is 5.02 Å². The Balaban J connectivity index is 2.00. The summed E-state index contributed by atoms with van der Waals surface area (Å²) < 4.78 is 0. The fraction of sp³-hybridized carbons (Fsp3) is 0.0526. The zero-order valence-corrected chi connectivity index (χ0v) is 13.4. The molecule has 0 saturated carbocycles. The van der Waals surface area contributed by atoms with Gasteiger partial charge < -0.3 is 5.11 Å². The van der Waals surface area contributed by atoms with E-state index in [1.165, 1.54) is 0 Å². The SMILES string of the molecule is OC(c1ccccc1)c1c(-c2ccccc2)nc2[nH]ncc2c1Cl. The lowest BCUT2D eigenvalue weighted by Crippen LogP contribution is -2.05. The van der Waals surface area contributed by atoms with Gasteiger partial charge in [-0.1, -0.05) is 72.3 Å². The number of H-pyrrole nitrogens is 1. The van der Waals surface area contributed by atoms with Crippen LogP contribution in [0.4, 0.5) is 0 Å². The molecule has 24 heavy (non-hydrogen) atoms. The first-order valence-electron chi connectivity index (χ1n) is 7.56. The fourth-order valence-corrected chi connectivity index (χ4v) is 3.15. The molecule has 0 spiro atoms. The van der Waals surface area contributed by atoms with Crippen LogP contribution in [0.1, 0.15) is 17.2 Å². The Morgan fingerprint density at radius 2 is 1.62 bits per heavy atom. The van der Waals surface area contributed by atoms with Crippen molar-refractivity contribution >= 4 is 22.6 Å². The number of rotatable bonds is 3. The molecule has 4 nitrogen and oxygen atoms in total. The van der Waals surface area contributed by atoms with Crippen molar-refractivity contribution in [2.24, 2.45) is 0 Å². The highest BCUT2D eigenvalue weighted by Crippen LogP contribution is 2.38. The van der Waals surface area contributed by atoms with Crippen LogP contribution in [-0.2, 0) is 0 Å². The predicted molar refractivity (Wildman–Crippen MR) is 94.8 cm³/mol. The number of pyridine rings is 1. The average molecular weight is 336 g/mol. The minimum Gasteiger partial charge on any atom is -0.384 e. The molecule has 1 atom stereocenters. The number of hydrogen-bond donors (Lipinski definition) is 2. The number of benzene rings is 2. The summed E-state index contributed by atoms with van der Waals surface area (Å²) in [7, 11) is 0. The van der Waals surface area contributed by atoms with Crippen molar-refractivity contribution in [2.75, 3.05) is 0 Å². The van der Waals surface area contributed by atoms with Crippen LogP contribution in [-0.4, -0.2) is 20.3 Å². The van der Waals surface area contributed by atoms with Gasteiger partial charge in [0.05, 0.1) is 22.3 Å². The van der Waals surface area contributed by atoms with Crippen molar-refractivity contribution in [3.63, 3.8) is 0 Å². The topological polar surface area (TPSA) is 61.8 Å². The number of nitrogens with zero attached hydrogens (tertiary/aromatic N) is 2. The first-order chi connectivity index (χ1) is 11.8. The number of nitrogens with one attached hydrogen (secondary N) is 1. The molecule has 118 valence electrons. The zero-order chi connectivity index (χ0) is 16.5. The summed E-state index contributed by atoms with van der Waals surface area (Å²) in [6.07, 6.45) is 0.751.